The van der Waals surface area contributed by atoms with Crippen LogP contribution < -0.4 is 30.5 Å². The van der Waals surface area contributed by atoms with Crippen molar-refractivity contribution in [1.29, 1.82) is 0 Å². The zero-order valence-electron chi connectivity index (χ0n) is 15.2. The van der Waals surface area contributed by atoms with Crippen LogP contribution in [0, 0.1) is 0 Å². The minimum Gasteiger partial charge on any atom is -1.00 e. The normalized spacial score (nSPS) is 17.1. The van der Waals surface area contributed by atoms with E-state index in [0.717, 1.165) is 7.35 Å². The van der Waals surface area contributed by atoms with Gasteiger partial charge in [-0.3, -0.25) is 0 Å². The van der Waals surface area contributed by atoms with Crippen molar-refractivity contribution in [2.75, 3.05) is 0 Å². The van der Waals surface area contributed by atoms with Crippen LogP contribution >= 0.6 is 0 Å². The molecule has 0 N–H and O–H groups in total. The Hall–Kier alpha value is -1.61. The average molecular weight is 571 g/mol. The summed E-state index contributed by atoms with van der Waals surface area (Å²) >= 11 is -0.790. The Balaban J connectivity index is 0.000000269. The summed E-state index contributed by atoms with van der Waals surface area (Å²) < 4.78 is 1.52. The molecular formula is C24H19Cl2HfN. The monoisotopic (exact) mass is 571 g/mol. The first-order chi connectivity index (χ1) is 12.8. The van der Waals surface area contributed by atoms with Crippen LogP contribution in [-0.2, 0) is 22.9 Å². The van der Waals surface area contributed by atoms with E-state index in [2.05, 4.69) is 72.8 Å². The van der Waals surface area contributed by atoms with E-state index in [1.807, 2.05) is 6.07 Å². The van der Waals surface area contributed by atoms with Crippen molar-refractivity contribution in [3.8, 4) is 0 Å². The zero-order valence-corrected chi connectivity index (χ0v) is 20.3. The van der Waals surface area contributed by atoms with Crippen LogP contribution in [0.1, 0.15) is 29.6 Å². The standard InChI is InChI=1S/2C9H7.C6H5N.2ClH.Hf/c2*1-2-5-9-7-3-6-8(9)4-1;7-6-4-2-1-3-5-6;;;/h2*1-7H;1-5H;2*1H;/q;;;;;+2/p-2. The molecular weight excluding hydrogens is 552 g/mol. The third-order valence-electron chi connectivity index (χ3n) is 4.71. The van der Waals surface area contributed by atoms with Crippen molar-refractivity contribution in [2.45, 2.75) is 7.35 Å². The molecule has 2 aliphatic carbocycles. The molecule has 0 fully saturated rings. The molecule has 3 aromatic carbocycles. The maximum Gasteiger partial charge on any atom is 0.0857 e. The summed E-state index contributed by atoms with van der Waals surface area (Å²) in [6, 6.07) is 26.5. The molecule has 138 valence electrons. The van der Waals surface area contributed by atoms with Gasteiger partial charge in [0.2, 0.25) is 0 Å². The molecule has 2 atom stereocenters. The van der Waals surface area contributed by atoms with Crippen LogP contribution in [0.25, 0.3) is 12.2 Å². The Kier molecular flexibility index (Phi) is 8.75. The van der Waals surface area contributed by atoms with E-state index in [0.29, 0.717) is 5.69 Å². The largest absolute Gasteiger partial charge is 1.00 e. The van der Waals surface area contributed by atoms with Crippen LogP contribution in [-0.4, -0.2) is 0 Å². The average Bonchev–Trinajstić information content (AvgIpc) is 3.28. The third-order valence-corrected chi connectivity index (χ3v) is 10.9. The van der Waals surface area contributed by atoms with Gasteiger partial charge in [0.25, 0.3) is 0 Å². The predicted octanol–water partition coefficient (Wildman–Crippen LogP) is -0.0001000. The number of allylic oxidation sites excluding steroid dienone is 2. The first-order valence-corrected chi connectivity index (χ1v) is 13.0. The zero-order chi connectivity index (χ0) is 17.8. The van der Waals surface area contributed by atoms with Gasteiger partial charge in [0.05, 0.1) is 5.69 Å². The summed E-state index contributed by atoms with van der Waals surface area (Å²) in [5.74, 6) is 0. The minimum absolute atomic E-state index is 0. The molecule has 0 aliphatic heterocycles. The van der Waals surface area contributed by atoms with Gasteiger partial charge in [-0.2, -0.15) is 5.73 Å². The van der Waals surface area contributed by atoms with E-state index in [-0.39, 0.29) is 24.8 Å². The quantitative estimate of drug-likeness (QED) is 0.388. The Bertz CT molecular complexity index is 894. The Labute approximate surface area is 190 Å². The van der Waals surface area contributed by atoms with Crippen molar-refractivity contribution in [2.24, 2.45) is 0 Å². The molecule has 3 aromatic rings. The second-order valence-electron chi connectivity index (χ2n) is 6.43. The fraction of sp³-hybridized carbons (Fsp3) is 0.0833. The summed E-state index contributed by atoms with van der Waals surface area (Å²) in [5.41, 5.74) is 15.0. The van der Waals surface area contributed by atoms with Crippen molar-refractivity contribution in [1.82, 2.24) is 5.73 Å². The summed E-state index contributed by atoms with van der Waals surface area (Å²) in [7, 11) is 0. The second kappa shape index (κ2) is 10.8. The smallest absolute Gasteiger partial charge is 0.0857 e. The van der Waals surface area contributed by atoms with E-state index in [9.17, 15) is 0 Å². The minimum atomic E-state index is -0.790. The molecule has 0 bridgehead atoms. The fourth-order valence-corrected chi connectivity index (χ4v) is 9.47. The fourth-order valence-electron chi connectivity index (χ4n) is 3.41. The van der Waals surface area contributed by atoms with Crippen molar-refractivity contribution >= 4 is 17.8 Å². The van der Waals surface area contributed by atoms with E-state index in [1.54, 1.807) is 35.4 Å². The number of benzene rings is 3. The molecule has 0 aromatic heterocycles. The third kappa shape index (κ3) is 5.26. The predicted molar refractivity (Wildman–Crippen MR) is 105 cm³/mol. The molecule has 5 rings (SSSR count). The number of hydrogen-bond acceptors (Lipinski definition) is 0. The van der Waals surface area contributed by atoms with Gasteiger partial charge in [0, 0.05) is 0 Å². The number of nitrogens with zero attached hydrogens (tertiary/aromatic N) is 1. The SMILES string of the molecule is C1=C[CH]([Hf+2][CH]2C=Cc3ccccc32)c2ccccc21.[Cl-].[Cl-].[N]c1ccccc1. The molecule has 0 saturated carbocycles. The van der Waals surface area contributed by atoms with E-state index >= 15 is 0 Å². The molecule has 2 unspecified atom stereocenters. The van der Waals surface area contributed by atoms with Crippen molar-refractivity contribution in [3.63, 3.8) is 0 Å². The molecule has 4 heteroatoms. The van der Waals surface area contributed by atoms with Crippen molar-refractivity contribution in [3.05, 3.63) is 113 Å². The summed E-state index contributed by atoms with van der Waals surface area (Å²) in [5, 5.41) is 0. The van der Waals surface area contributed by atoms with Gasteiger partial charge in [0.15, 0.2) is 0 Å². The van der Waals surface area contributed by atoms with Gasteiger partial charge in [-0.25, -0.2) is 0 Å². The summed E-state index contributed by atoms with van der Waals surface area (Å²) in [4.78, 5) is 0. The molecule has 0 spiro atoms. The van der Waals surface area contributed by atoms with Crippen LogP contribution in [0.15, 0.2) is 91.0 Å². The van der Waals surface area contributed by atoms with Gasteiger partial charge < -0.3 is 24.8 Å². The molecule has 0 heterocycles. The number of halogens is 2. The van der Waals surface area contributed by atoms with E-state index in [4.69, 9.17) is 5.73 Å². The molecule has 0 saturated heterocycles. The Morgan fingerprint density at radius 3 is 1.43 bits per heavy atom. The number of rotatable bonds is 2. The summed E-state index contributed by atoms with van der Waals surface area (Å²) in [6.45, 7) is 0. The number of fused-ring (bicyclic) bond motifs is 2. The van der Waals surface area contributed by atoms with Crippen LogP contribution in [0.5, 0.6) is 0 Å². The first kappa shape index (κ1) is 22.7. The van der Waals surface area contributed by atoms with Crippen molar-refractivity contribution < 1.29 is 47.7 Å². The van der Waals surface area contributed by atoms with Crippen LogP contribution in [0.3, 0.4) is 0 Å². The second-order valence-corrected chi connectivity index (χ2v) is 12.1. The van der Waals surface area contributed by atoms with Crippen LogP contribution in [0.4, 0.5) is 5.69 Å². The van der Waals surface area contributed by atoms with Gasteiger partial charge in [0.1, 0.15) is 0 Å². The van der Waals surface area contributed by atoms with Gasteiger partial charge in [-0.1, -0.05) is 18.2 Å². The Morgan fingerprint density at radius 2 is 1.00 bits per heavy atom. The topological polar surface area (TPSA) is 22.3 Å². The molecule has 2 aliphatic rings. The van der Waals surface area contributed by atoms with E-state index < -0.39 is 22.9 Å². The van der Waals surface area contributed by atoms with E-state index in [1.165, 1.54) is 11.1 Å². The molecule has 0 amide bonds. The van der Waals surface area contributed by atoms with Gasteiger partial charge in [-0.15, -0.1) is 0 Å². The maximum absolute atomic E-state index is 8.63. The maximum atomic E-state index is 8.63. The van der Waals surface area contributed by atoms with Gasteiger partial charge >= 0.3 is 125 Å². The molecule has 2 radical (unpaired) electrons. The van der Waals surface area contributed by atoms with Gasteiger partial charge in [-0.05, 0) is 12.1 Å². The number of hydrogen-bond donors (Lipinski definition) is 0. The summed E-state index contributed by atoms with van der Waals surface area (Å²) in [6.07, 6.45) is 9.53. The molecule has 28 heavy (non-hydrogen) atoms. The first-order valence-electron chi connectivity index (χ1n) is 8.85. The molecule has 1 nitrogen and oxygen atoms in total. The Morgan fingerprint density at radius 1 is 0.571 bits per heavy atom. The van der Waals surface area contributed by atoms with Crippen LogP contribution in [0.2, 0.25) is 0 Å².